The summed E-state index contributed by atoms with van der Waals surface area (Å²) in [4.78, 5) is 13.8. The molecule has 5 heteroatoms. The highest BCUT2D eigenvalue weighted by atomic mass is 19.1. The molecule has 0 unspecified atom stereocenters. The number of carboxylic acids is 1. The molecule has 0 saturated carbocycles. The van der Waals surface area contributed by atoms with Crippen LogP contribution in [0.4, 0.5) is 4.39 Å². The van der Waals surface area contributed by atoms with Crippen LogP contribution >= 0.6 is 0 Å². The van der Waals surface area contributed by atoms with Crippen LogP contribution in [0, 0.1) is 0 Å². The van der Waals surface area contributed by atoms with Crippen molar-refractivity contribution >= 4 is 5.97 Å². The van der Waals surface area contributed by atoms with Crippen LogP contribution in [-0.4, -0.2) is 16.1 Å². The van der Waals surface area contributed by atoms with Gasteiger partial charge in [-0.15, -0.1) is 0 Å². The summed E-state index contributed by atoms with van der Waals surface area (Å²) in [5.74, 6) is -0.518. The first kappa shape index (κ1) is 8.70. The third-order valence-corrected chi connectivity index (χ3v) is 1.29. The Morgan fingerprint density at radius 1 is 1.75 bits per heavy atom. The molecular weight excluding hydrogens is 165 g/mol. The molecule has 0 atom stereocenters. The molecule has 0 bridgehead atoms. The van der Waals surface area contributed by atoms with Gasteiger partial charge in [-0.2, -0.15) is 0 Å². The number of aliphatic carboxylic acids is 1. The number of rotatable bonds is 4. The summed E-state index contributed by atoms with van der Waals surface area (Å²) in [6.07, 6.45) is 1.42. The number of nitrogens with zero attached hydrogens (tertiary/aromatic N) is 1. The predicted molar refractivity (Wildman–Crippen MR) is 37.3 cm³/mol. The number of aryl methyl sites for hydroxylation is 1. The number of alkyl halides is 1. The Labute approximate surface area is 68.0 Å². The molecule has 12 heavy (non-hydrogen) atoms. The fourth-order valence-electron chi connectivity index (χ4n) is 0.739. The zero-order valence-electron chi connectivity index (χ0n) is 6.29. The van der Waals surface area contributed by atoms with Gasteiger partial charge in [-0.3, -0.25) is 4.79 Å². The summed E-state index contributed by atoms with van der Waals surface area (Å²) < 4.78 is 16.7. The predicted octanol–water partition coefficient (Wildman–Crippen LogP) is 1.16. The van der Waals surface area contributed by atoms with E-state index >= 15 is 0 Å². The zero-order chi connectivity index (χ0) is 8.97. The van der Waals surface area contributed by atoms with Gasteiger partial charge in [0.1, 0.15) is 6.67 Å². The Kier molecular flexibility index (Phi) is 2.79. The van der Waals surface area contributed by atoms with E-state index in [0.29, 0.717) is 0 Å². The lowest BCUT2D eigenvalue weighted by Gasteiger charge is -1.89. The van der Waals surface area contributed by atoms with Gasteiger partial charge >= 0.3 is 5.97 Å². The molecule has 0 aliphatic carbocycles. The highest BCUT2D eigenvalue weighted by Gasteiger charge is 2.05. The van der Waals surface area contributed by atoms with Crippen molar-refractivity contribution in [1.82, 2.24) is 4.98 Å². The molecule has 1 aromatic heterocycles. The minimum atomic E-state index is -0.921. The fourth-order valence-corrected chi connectivity index (χ4v) is 0.739. The first-order valence-corrected chi connectivity index (χ1v) is 3.43. The van der Waals surface area contributed by atoms with Gasteiger partial charge in [-0.25, -0.2) is 9.37 Å². The molecule has 0 saturated heterocycles. The fraction of sp³-hybridized carbons (Fsp3) is 0.429. The van der Waals surface area contributed by atoms with Gasteiger partial charge in [0.15, 0.2) is 11.7 Å². The van der Waals surface area contributed by atoms with E-state index in [-0.39, 0.29) is 24.5 Å². The van der Waals surface area contributed by atoms with E-state index in [2.05, 4.69) is 4.98 Å². The summed E-state index contributed by atoms with van der Waals surface area (Å²) in [7, 11) is 0. The molecule has 0 spiro atoms. The van der Waals surface area contributed by atoms with Crippen molar-refractivity contribution in [1.29, 1.82) is 0 Å². The Morgan fingerprint density at radius 2 is 2.50 bits per heavy atom. The Hall–Kier alpha value is -1.39. The highest BCUT2D eigenvalue weighted by Crippen LogP contribution is 2.06. The molecule has 1 heterocycles. The van der Waals surface area contributed by atoms with E-state index in [1.807, 2.05) is 0 Å². The van der Waals surface area contributed by atoms with Crippen molar-refractivity contribution in [3.05, 3.63) is 17.8 Å². The quantitative estimate of drug-likeness (QED) is 0.742. The summed E-state index contributed by atoms with van der Waals surface area (Å²) in [5, 5.41) is 8.30. The van der Waals surface area contributed by atoms with Crippen LogP contribution in [0.5, 0.6) is 0 Å². The number of oxazole rings is 1. The van der Waals surface area contributed by atoms with Crippen molar-refractivity contribution in [2.75, 3.05) is 0 Å². The maximum absolute atomic E-state index is 11.9. The molecule has 0 amide bonds. The third-order valence-electron chi connectivity index (χ3n) is 1.29. The number of aromatic nitrogens is 1. The average molecular weight is 173 g/mol. The van der Waals surface area contributed by atoms with Crippen LogP contribution in [-0.2, 0) is 17.9 Å². The molecule has 0 aliphatic heterocycles. The lowest BCUT2D eigenvalue weighted by molar-refractivity contribution is -0.137. The van der Waals surface area contributed by atoms with E-state index in [1.54, 1.807) is 0 Å². The molecule has 0 radical (unpaired) electrons. The number of carboxylic acid groups (broad SMARTS) is 1. The van der Waals surface area contributed by atoms with Crippen LogP contribution in [0.15, 0.2) is 10.6 Å². The van der Waals surface area contributed by atoms with Crippen LogP contribution in [0.2, 0.25) is 0 Å². The first-order chi connectivity index (χ1) is 5.72. The van der Waals surface area contributed by atoms with E-state index < -0.39 is 12.6 Å². The van der Waals surface area contributed by atoms with Gasteiger partial charge in [-0.1, -0.05) is 0 Å². The van der Waals surface area contributed by atoms with Crippen LogP contribution in [0.25, 0.3) is 0 Å². The molecule has 1 N–H and O–H groups in total. The van der Waals surface area contributed by atoms with Crippen molar-refractivity contribution in [3.63, 3.8) is 0 Å². The van der Waals surface area contributed by atoms with Crippen LogP contribution < -0.4 is 0 Å². The number of halogens is 1. The molecule has 0 fully saturated rings. The van der Waals surface area contributed by atoms with Crippen molar-refractivity contribution < 1.29 is 18.7 Å². The second kappa shape index (κ2) is 3.85. The monoisotopic (exact) mass is 173 g/mol. The molecular formula is C7H8FNO3. The topological polar surface area (TPSA) is 63.3 Å². The van der Waals surface area contributed by atoms with Crippen LogP contribution in [0.3, 0.4) is 0 Å². The number of hydrogen-bond acceptors (Lipinski definition) is 3. The summed E-state index contributed by atoms with van der Waals surface area (Å²) in [6.45, 7) is -0.708. The molecule has 1 aromatic rings. The Bertz CT molecular complexity index is 271. The first-order valence-electron chi connectivity index (χ1n) is 3.43. The smallest absolute Gasteiger partial charge is 0.303 e. The van der Waals surface area contributed by atoms with Crippen LogP contribution in [0.1, 0.15) is 18.1 Å². The van der Waals surface area contributed by atoms with E-state index in [9.17, 15) is 9.18 Å². The normalized spacial score (nSPS) is 10.1. The minimum absolute atomic E-state index is 0.0494. The second-order valence-electron chi connectivity index (χ2n) is 2.25. The summed E-state index contributed by atoms with van der Waals surface area (Å²) in [5.41, 5.74) is 0. The minimum Gasteiger partial charge on any atom is -0.481 e. The van der Waals surface area contributed by atoms with E-state index in [1.165, 1.54) is 6.20 Å². The van der Waals surface area contributed by atoms with Gasteiger partial charge in [0, 0.05) is 6.42 Å². The Morgan fingerprint density at radius 3 is 3.00 bits per heavy atom. The van der Waals surface area contributed by atoms with Crippen molar-refractivity contribution in [2.45, 2.75) is 19.5 Å². The number of carbonyl (C=O) groups is 1. The lowest BCUT2D eigenvalue weighted by atomic mass is 10.3. The summed E-state index contributed by atoms with van der Waals surface area (Å²) >= 11 is 0. The number of hydrogen-bond donors (Lipinski definition) is 1. The van der Waals surface area contributed by atoms with Crippen molar-refractivity contribution in [3.8, 4) is 0 Å². The standard InChI is InChI=1S/C7H8FNO3/c8-3-5-4-9-6(12-5)1-2-7(10)11/h4H,1-3H2,(H,10,11). The SMILES string of the molecule is O=C(O)CCc1ncc(CF)o1. The zero-order valence-corrected chi connectivity index (χ0v) is 6.29. The largest absolute Gasteiger partial charge is 0.481 e. The second-order valence-corrected chi connectivity index (χ2v) is 2.25. The van der Waals surface area contributed by atoms with Gasteiger partial charge in [0.05, 0.1) is 12.6 Å². The van der Waals surface area contributed by atoms with Gasteiger partial charge in [0.25, 0.3) is 0 Å². The molecule has 1 rings (SSSR count). The average Bonchev–Trinajstić information content (AvgIpc) is 2.48. The maximum Gasteiger partial charge on any atom is 0.303 e. The van der Waals surface area contributed by atoms with Gasteiger partial charge in [0.2, 0.25) is 0 Å². The van der Waals surface area contributed by atoms with Gasteiger partial charge in [-0.05, 0) is 0 Å². The van der Waals surface area contributed by atoms with Gasteiger partial charge < -0.3 is 9.52 Å². The van der Waals surface area contributed by atoms with E-state index in [0.717, 1.165) is 0 Å². The molecule has 0 aromatic carbocycles. The van der Waals surface area contributed by atoms with Crippen molar-refractivity contribution in [2.24, 2.45) is 0 Å². The molecule has 4 nitrogen and oxygen atoms in total. The summed E-state index contributed by atoms with van der Waals surface area (Å²) in [6, 6.07) is 0. The maximum atomic E-state index is 11.9. The van der Waals surface area contributed by atoms with E-state index in [4.69, 9.17) is 9.52 Å². The third kappa shape index (κ3) is 2.34. The lowest BCUT2D eigenvalue weighted by Crippen LogP contribution is -1.97. The Balaban J connectivity index is 2.47. The molecule has 66 valence electrons. The molecule has 0 aliphatic rings. The highest BCUT2D eigenvalue weighted by molar-refractivity contribution is 5.66.